The molecule has 1 atom stereocenters. The molecule has 0 heterocycles. The highest BCUT2D eigenvalue weighted by Crippen LogP contribution is 2.24. The van der Waals surface area contributed by atoms with Gasteiger partial charge in [0.15, 0.2) is 0 Å². The van der Waals surface area contributed by atoms with E-state index in [2.05, 4.69) is 5.32 Å². The van der Waals surface area contributed by atoms with Crippen LogP contribution in [0.5, 0.6) is 0 Å². The van der Waals surface area contributed by atoms with Crippen LogP contribution in [0.1, 0.15) is 18.1 Å². The molecule has 2 aromatic rings. The average molecular weight is 364 g/mol. The minimum absolute atomic E-state index is 0.150. The highest BCUT2D eigenvalue weighted by molar-refractivity contribution is 7.92. The number of rotatable bonds is 6. The van der Waals surface area contributed by atoms with Gasteiger partial charge in [-0.3, -0.25) is 9.10 Å². The summed E-state index contributed by atoms with van der Waals surface area (Å²) >= 11 is 0. The molecule has 0 aliphatic carbocycles. The maximum Gasteiger partial charge on any atom is 0.243 e. The van der Waals surface area contributed by atoms with E-state index in [0.717, 1.165) is 27.8 Å². The molecule has 5 nitrogen and oxygen atoms in total. The Labute approximate surface area is 147 Å². The van der Waals surface area contributed by atoms with Gasteiger partial charge in [-0.05, 0) is 31.5 Å². The van der Waals surface area contributed by atoms with Crippen LogP contribution in [0.2, 0.25) is 0 Å². The van der Waals surface area contributed by atoms with Gasteiger partial charge in [0.25, 0.3) is 0 Å². The van der Waals surface area contributed by atoms with Crippen LogP contribution < -0.4 is 9.62 Å². The quantitative estimate of drug-likeness (QED) is 0.857. The van der Waals surface area contributed by atoms with Gasteiger partial charge in [0, 0.05) is 6.54 Å². The molecule has 0 radical (unpaired) electrons. The zero-order valence-corrected chi connectivity index (χ0v) is 15.2. The molecule has 0 fully saturated rings. The van der Waals surface area contributed by atoms with E-state index in [1.54, 1.807) is 0 Å². The highest BCUT2D eigenvalue weighted by atomic mass is 32.2. The van der Waals surface area contributed by atoms with Crippen LogP contribution in [0.15, 0.2) is 48.5 Å². The third kappa shape index (κ3) is 4.79. The summed E-state index contributed by atoms with van der Waals surface area (Å²) in [5.41, 5.74) is 1.81. The Kier molecular flexibility index (Phi) is 5.79. The van der Waals surface area contributed by atoms with Gasteiger partial charge in [0.2, 0.25) is 15.9 Å². The lowest BCUT2D eigenvalue weighted by atomic mass is 10.1. The molecule has 1 N–H and O–H groups in total. The van der Waals surface area contributed by atoms with Crippen molar-refractivity contribution in [3.8, 4) is 0 Å². The summed E-state index contributed by atoms with van der Waals surface area (Å²) in [4.78, 5) is 12.4. The number of para-hydroxylation sites is 1. The van der Waals surface area contributed by atoms with Crippen LogP contribution in [-0.4, -0.2) is 26.6 Å². The Morgan fingerprint density at radius 3 is 2.48 bits per heavy atom. The van der Waals surface area contributed by atoms with Crippen molar-refractivity contribution in [1.82, 2.24) is 5.32 Å². The van der Waals surface area contributed by atoms with E-state index in [9.17, 15) is 17.6 Å². The maximum absolute atomic E-state index is 14.1. The first kappa shape index (κ1) is 18.9. The minimum Gasteiger partial charge on any atom is -0.350 e. The zero-order valence-electron chi connectivity index (χ0n) is 14.4. The minimum atomic E-state index is -3.84. The van der Waals surface area contributed by atoms with Crippen molar-refractivity contribution in [1.29, 1.82) is 0 Å². The molecule has 1 amide bonds. The van der Waals surface area contributed by atoms with Gasteiger partial charge in [0.1, 0.15) is 11.9 Å². The number of carbonyl (C=O) groups is 1. The van der Waals surface area contributed by atoms with Crippen LogP contribution in [0.25, 0.3) is 0 Å². The number of aryl methyl sites for hydroxylation is 1. The first-order valence-electron chi connectivity index (χ1n) is 7.77. The number of nitrogens with one attached hydrogen (secondary N) is 1. The molecule has 1 unspecified atom stereocenters. The van der Waals surface area contributed by atoms with Crippen molar-refractivity contribution in [3.63, 3.8) is 0 Å². The first-order valence-corrected chi connectivity index (χ1v) is 9.62. The molecule has 2 aromatic carbocycles. The molecule has 0 aliphatic heterocycles. The molecule has 0 spiro atoms. The lowest BCUT2D eigenvalue weighted by Gasteiger charge is -2.28. The van der Waals surface area contributed by atoms with Gasteiger partial charge in [-0.2, -0.15) is 0 Å². The van der Waals surface area contributed by atoms with Gasteiger partial charge >= 0.3 is 0 Å². The number of sulfonamides is 1. The highest BCUT2D eigenvalue weighted by Gasteiger charge is 2.30. The normalized spacial score (nSPS) is 12.5. The second-order valence-electron chi connectivity index (χ2n) is 5.89. The van der Waals surface area contributed by atoms with Crippen LogP contribution in [0.3, 0.4) is 0 Å². The second kappa shape index (κ2) is 7.65. The Morgan fingerprint density at radius 2 is 1.88 bits per heavy atom. The van der Waals surface area contributed by atoms with E-state index < -0.39 is 27.8 Å². The van der Waals surface area contributed by atoms with E-state index in [1.165, 1.54) is 25.1 Å². The van der Waals surface area contributed by atoms with E-state index in [-0.39, 0.29) is 12.2 Å². The standard InChI is InChI=1S/C18H21FN2O3S/c1-13-7-6-8-15(11-13)12-20-18(22)14(2)21(25(3,23)24)17-10-5-4-9-16(17)19/h4-11,14H,12H2,1-3H3,(H,20,22). The number of benzene rings is 2. The summed E-state index contributed by atoms with van der Waals surface area (Å²) in [7, 11) is -3.84. The van der Waals surface area contributed by atoms with Crippen LogP contribution in [-0.2, 0) is 21.4 Å². The van der Waals surface area contributed by atoms with Crippen molar-refractivity contribution in [2.75, 3.05) is 10.6 Å². The Hall–Kier alpha value is -2.41. The number of hydrogen-bond acceptors (Lipinski definition) is 3. The molecule has 7 heteroatoms. The van der Waals surface area contributed by atoms with Crippen molar-refractivity contribution < 1.29 is 17.6 Å². The number of anilines is 1. The number of hydrogen-bond donors (Lipinski definition) is 1. The largest absolute Gasteiger partial charge is 0.350 e. The summed E-state index contributed by atoms with van der Waals surface area (Å²) in [6, 6.07) is 12.0. The summed E-state index contributed by atoms with van der Waals surface area (Å²) in [5.74, 6) is -1.21. The number of halogens is 1. The van der Waals surface area contributed by atoms with Crippen molar-refractivity contribution in [2.24, 2.45) is 0 Å². The molecule has 134 valence electrons. The molecule has 0 saturated heterocycles. The SMILES string of the molecule is Cc1cccc(CNC(=O)C(C)N(c2ccccc2F)S(C)(=O)=O)c1. The fourth-order valence-electron chi connectivity index (χ4n) is 2.57. The van der Waals surface area contributed by atoms with E-state index >= 15 is 0 Å². The van der Waals surface area contributed by atoms with Gasteiger partial charge in [0.05, 0.1) is 11.9 Å². The average Bonchev–Trinajstić information content (AvgIpc) is 2.53. The fraction of sp³-hybridized carbons (Fsp3) is 0.278. The van der Waals surface area contributed by atoms with Gasteiger partial charge in [-0.1, -0.05) is 42.0 Å². The molecule has 0 bridgehead atoms. The maximum atomic E-state index is 14.1. The van der Waals surface area contributed by atoms with Crippen LogP contribution >= 0.6 is 0 Å². The molecular weight excluding hydrogens is 343 g/mol. The van der Waals surface area contributed by atoms with Crippen molar-refractivity contribution in [2.45, 2.75) is 26.4 Å². The smallest absolute Gasteiger partial charge is 0.243 e. The number of amides is 1. The van der Waals surface area contributed by atoms with Crippen molar-refractivity contribution >= 4 is 21.6 Å². The van der Waals surface area contributed by atoms with Crippen molar-refractivity contribution in [3.05, 3.63) is 65.5 Å². The monoisotopic (exact) mass is 364 g/mol. The molecule has 0 aliphatic rings. The first-order chi connectivity index (χ1) is 11.7. The van der Waals surface area contributed by atoms with Gasteiger partial charge in [-0.15, -0.1) is 0 Å². The molecule has 2 rings (SSSR count). The van der Waals surface area contributed by atoms with Crippen LogP contribution in [0.4, 0.5) is 10.1 Å². The predicted molar refractivity (Wildman–Crippen MR) is 96.2 cm³/mol. The lowest BCUT2D eigenvalue weighted by molar-refractivity contribution is -0.122. The Morgan fingerprint density at radius 1 is 1.20 bits per heavy atom. The number of carbonyl (C=O) groups excluding carboxylic acids is 1. The third-order valence-corrected chi connectivity index (χ3v) is 4.96. The molecular formula is C18H21FN2O3S. The van der Waals surface area contributed by atoms with E-state index in [1.807, 2.05) is 31.2 Å². The lowest BCUT2D eigenvalue weighted by Crippen LogP contribution is -2.48. The molecule has 0 saturated carbocycles. The summed E-state index contributed by atoms with van der Waals surface area (Å²) in [6.07, 6.45) is 0.948. The van der Waals surface area contributed by atoms with Gasteiger partial charge in [-0.25, -0.2) is 12.8 Å². The summed E-state index contributed by atoms with van der Waals surface area (Å²) in [6.45, 7) is 3.64. The third-order valence-electron chi connectivity index (χ3n) is 3.73. The van der Waals surface area contributed by atoms with E-state index in [4.69, 9.17) is 0 Å². The molecule has 0 aromatic heterocycles. The number of nitrogens with zero attached hydrogens (tertiary/aromatic N) is 1. The second-order valence-corrected chi connectivity index (χ2v) is 7.75. The predicted octanol–water partition coefficient (Wildman–Crippen LogP) is 2.61. The zero-order chi connectivity index (χ0) is 18.6. The Balaban J connectivity index is 2.20. The Bertz CT molecular complexity index is 868. The summed E-state index contributed by atoms with van der Waals surface area (Å²) in [5, 5.41) is 2.70. The van der Waals surface area contributed by atoms with Gasteiger partial charge < -0.3 is 5.32 Å². The molecule has 25 heavy (non-hydrogen) atoms. The summed E-state index contributed by atoms with van der Waals surface area (Å²) < 4.78 is 39.1. The topological polar surface area (TPSA) is 66.5 Å². The van der Waals surface area contributed by atoms with E-state index in [0.29, 0.717) is 0 Å². The fourth-order valence-corrected chi connectivity index (χ4v) is 3.75. The van der Waals surface area contributed by atoms with Crippen LogP contribution in [0, 0.1) is 12.7 Å².